The third-order valence-corrected chi connectivity index (χ3v) is 14.9. The highest BCUT2D eigenvalue weighted by molar-refractivity contribution is 5.71. The van der Waals surface area contributed by atoms with Gasteiger partial charge in [0.25, 0.3) is 0 Å². The topological polar surface area (TPSA) is 78.9 Å². The highest BCUT2D eigenvalue weighted by Gasteiger charge is 2.19. The quantitative estimate of drug-likeness (QED) is 0.0343. The van der Waals surface area contributed by atoms with Crippen LogP contribution in [0.2, 0.25) is 0 Å². The molecule has 0 fully saturated rings. The van der Waals surface area contributed by atoms with Gasteiger partial charge in [0.05, 0.1) is 0 Å². The van der Waals surface area contributed by atoms with Crippen LogP contribution < -0.4 is 0 Å². The van der Waals surface area contributed by atoms with Gasteiger partial charge in [-0.1, -0.05) is 335 Å². The predicted molar refractivity (Wildman–Crippen MR) is 303 cm³/mol. The van der Waals surface area contributed by atoms with Crippen LogP contribution in [0, 0.1) is 0 Å². The summed E-state index contributed by atoms with van der Waals surface area (Å²) in [4.78, 5) is 37.9. The zero-order valence-electron chi connectivity index (χ0n) is 47.8. The highest BCUT2D eigenvalue weighted by Crippen LogP contribution is 2.19. The average molecular weight is 990 g/mol. The van der Waals surface area contributed by atoms with E-state index in [1.165, 1.54) is 276 Å². The molecular weight excluding hydrogens is 865 g/mol. The summed E-state index contributed by atoms with van der Waals surface area (Å²) in [6.45, 7) is 6.66. The van der Waals surface area contributed by atoms with Crippen LogP contribution in [-0.4, -0.2) is 37.2 Å². The van der Waals surface area contributed by atoms with Crippen LogP contribution in [0.3, 0.4) is 0 Å². The van der Waals surface area contributed by atoms with Gasteiger partial charge >= 0.3 is 17.9 Å². The fourth-order valence-corrected chi connectivity index (χ4v) is 10.0. The maximum atomic E-state index is 12.8. The third-order valence-electron chi connectivity index (χ3n) is 14.9. The number of esters is 3. The molecule has 0 radical (unpaired) electrons. The largest absolute Gasteiger partial charge is 0.462 e. The maximum absolute atomic E-state index is 12.8. The summed E-state index contributed by atoms with van der Waals surface area (Å²) in [5, 5.41) is 0. The Morgan fingerprint density at radius 2 is 0.386 bits per heavy atom. The van der Waals surface area contributed by atoms with E-state index in [1.54, 1.807) is 0 Å². The minimum absolute atomic E-state index is 0.0620. The third kappa shape index (κ3) is 57.3. The first-order chi connectivity index (χ1) is 34.5. The molecule has 1 atom stereocenters. The van der Waals surface area contributed by atoms with Crippen molar-refractivity contribution in [2.75, 3.05) is 13.2 Å². The molecule has 0 aromatic carbocycles. The van der Waals surface area contributed by atoms with Crippen molar-refractivity contribution in [3.8, 4) is 0 Å². The van der Waals surface area contributed by atoms with E-state index >= 15 is 0 Å². The van der Waals surface area contributed by atoms with Gasteiger partial charge < -0.3 is 14.2 Å². The average Bonchev–Trinajstić information content (AvgIpc) is 3.36. The summed E-state index contributed by atoms with van der Waals surface area (Å²) in [7, 11) is 0. The van der Waals surface area contributed by atoms with E-state index in [1.807, 2.05) is 0 Å². The lowest BCUT2D eigenvalue weighted by atomic mass is 10.0. The van der Waals surface area contributed by atoms with E-state index in [0.717, 1.165) is 57.8 Å². The monoisotopic (exact) mass is 989 g/mol. The van der Waals surface area contributed by atoms with E-state index in [-0.39, 0.29) is 31.1 Å². The Hall–Kier alpha value is -1.59. The van der Waals surface area contributed by atoms with Crippen molar-refractivity contribution >= 4 is 17.9 Å². The predicted octanol–water partition coefficient (Wildman–Crippen LogP) is 21.5. The molecule has 0 saturated heterocycles. The Balaban J connectivity index is 3.87. The highest BCUT2D eigenvalue weighted by atomic mass is 16.6. The molecule has 0 aliphatic rings. The van der Waals surface area contributed by atoms with Gasteiger partial charge in [0.15, 0.2) is 6.10 Å². The van der Waals surface area contributed by atoms with Gasteiger partial charge in [-0.05, 0) is 19.3 Å². The molecule has 0 saturated carbocycles. The molecule has 416 valence electrons. The van der Waals surface area contributed by atoms with Gasteiger partial charge in [0, 0.05) is 19.3 Å². The van der Waals surface area contributed by atoms with Crippen LogP contribution in [0.4, 0.5) is 0 Å². The molecule has 0 aliphatic carbocycles. The zero-order valence-corrected chi connectivity index (χ0v) is 47.8. The second-order valence-electron chi connectivity index (χ2n) is 22.1. The lowest BCUT2D eigenvalue weighted by Gasteiger charge is -2.18. The molecule has 70 heavy (non-hydrogen) atoms. The zero-order chi connectivity index (χ0) is 50.7. The molecule has 0 aromatic rings. The Kier molecular flexibility index (Phi) is 58.6. The molecule has 0 N–H and O–H groups in total. The van der Waals surface area contributed by atoms with Crippen molar-refractivity contribution in [3.63, 3.8) is 0 Å². The van der Waals surface area contributed by atoms with E-state index < -0.39 is 6.10 Å². The second-order valence-corrected chi connectivity index (χ2v) is 22.1. The molecule has 0 heterocycles. The number of carbonyl (C=O) groups excluding carboxylic acids is 3. The number of hydrogen-bond acceptors (Lipinski definition) is 6. The van der Waals surface area contributed by atoms with E-state index in [9.17, 15) is 14.4 Å². The standard InChI is InChI=1S/C64H124O6/c1-4-7-10-13-16-19-21-22-23-24-25-26-27-28-29-30-31-32-33-34-35-36-37-38-39-40-41-42-44-45-48-51-54-57-63(66)69-60-61(59-68-62(65)56-53-50-47-18-15-12-9-6-3)70-64(67)58-55-52-49-46-43-20-17-14-11-8-5-2/h61H,4-60H2,1-3H3. The van der Waals surface area contributed by atoms with E-state index in [2.05, 4.69) is 20.8 Å². The van der Waals surface area contributed by atoms with Gasteiger partial charge in [0.2, 0.25) is 0 Å². The first-order valence-corrected chi connectivity index (χ1v) is 32.0. The first-order valence-electron chi connectivity index (χ1n) is 32.0. The fraction of sp³-hybridized carbons (Fsp3) is 0.953. The van der Waals surface area contributed by atoms with Crippen molar-refractivity contribution in [2.24, 2.45) is 0 Å². The Labute approximate surface area is 438 Å². The number of ether oxygens (including phenoxy) is 3. The van der Waals surface area contributed by atoms with Crippen molar-refractivity contribution in [3.05, 3.63) is 0 Å². The number of rotatable bonds is 60. The Bertz CT molecular complexity index is 1040. The van der Waals surface area contributed by atoms with Crippen LogP contribution in [-0.2, 0) is 28.6 Å². The molecular formula is C64H124O6. The fourth-order valence-electron chi connectivity index (χ4n) is 10.0. The summed E-state index contributed by atoms with van der Waals surface area (Å²) in [6.07, 6.45) is 68.8. The molecule has 0 spiro atoms. The Morgan fingerprint density at radius 1 is 0.229 bits per heavy atom. The van der Waals surface area contributed by atoms with Crippen LogP contribution in [0.1, 0.15) is 374 Å². The second kappa shape index (κ2) is 60.0. The summed E-state index contributed by atoms with van der Waals surface area (Å²) in [6, 6.07) is 0. The summed E-state index contributed by atoms with van der Waals surface area (Å²) < 4.78 is 16.8. The van der Waals surface area contributed by atoms with Gasteiger partial charge in [-0.25, -0.2) is 0 Å². The number of hydrogen-bond donors (Lipinski definition) is 0. The van der Waals surface area contributed by atoms with Crippen molar-refractivity contribution in [2.45, 2.75) is 380 Å². The molecule has 0 aromatic heterocycles. The molecule has 6 heteroatoms. The summed E-state index contributed by atoms with van der Waals surface area (Å²) >= 11 is 0. The maximum Gasteiger partial charge on any atom is 0.306 e. The van der Waals surface area contributed by atoms with Crippen LogP contribution in [0.15, 0.2) is 0 Å². The molecule has 6 nitrogen and oxygen atoms in total. The van der Waals surface area contributed by atoms with Gasteiger partial charge in [0.1, 0.15) is 13.2 Å². The van der Waals surface area contributed by atoms with E-state index in [4.69, 9.17) is 14.2 Å². The van der Waals surface area contributed by atoms with Crippen LogP contribution in [0.5, 0.6) is 0 Å². The van der Waals surface area contributed by atoms with Gasteiger partial charge in [-0.2, -0.15) is 0 Å². The van der Waals surface area contributed by atoms with Crippen molar-refractivity contribution in [1.82, 2.24) is 0 Å². The smallest absolute Gasteiger partial charge is 0.306 e. The van der Waals surface area contributed by atoms with Crippen LogP contribution >= 0.6 is 0 Å². The molecule has 0 bridgehead atoms. The normalized spacial score (nSPS) is 11.9. The van der Waals surface area contributed by atoms with Gasteiger partial charge in [-0.15, -0.1) is 0 Å². The Morgan fingerprint density at radius 3 is 0.571 bits per heavy atom. The minimum atomic E-state index is -0.759. The minimum Gasteiger partial charge on any atom is -0.462 e. The summed E-state index contributed by atoms with van der Waals surface area (Å²) in [5.41, 5.74) is 0. The molecule has 0 rings (SSSR count). The molecule has 0 amide bonds. The summed E-state index contributed by atoms with van der Waals surface area (Å²) in [5.74, 6) is -0.842. The van der Waals surface area contributed by atoms with Gasteiger partial charge in [-0.3, -0.25) is 14.4 Å². The first kappa shape index (κ1) is 68.4. The molecule has 0 aliphatic heterocycles. The van der Waals surface area contributed by atoms with Crippen molar-refractivity contribution < 1.29 is 28.6 Å². The lowest BCUT2D eigenvalue weighted by Crippen LogP contribution is -2.30. The number of carbonyl (C=O) groups is 3. The number of unbranched alkanes of at least 4 members (excludes halogenated alkanes) is 49. The SMILES string of the molecule is CCCCCCCCCCCCCCCCCCCCCCCCCCCCCCCCCCCC(=O)OCC(COC(=O)CCCCCCCCCC)OC(=O)CCCCCCCCCCCCC. The van der Waals surface area contributed by atoms with E-state index in [0.29, 0.717) is 19.3 Å². The van der Waals surface area contributed by atoms with Crippen molar-refractivity contribution in [1.29, 1.82) is 0 Å². The molecule has 1 unspecified atom stereocenters. The van der Waals surface area contributed by atoms with Crippen LogP contribution in [0.25, 0.3) is 0 Å². The lowest BCUT2D eigenvalue weighted by molar-refractivity contribution is -0.167.